The van der Waals surface area contributed by atoms with Gasteiger partial charge in [-0.05, 0) is 53.2 Å². The maximum Gasteiger partial charge on any atom is 0.348 e. The summed E-state index contributed by atoms with van der Waals surface area (Å²) in [5.41, 5.74) is 2.25. The van der Waals surface area contributed by atoms with Gasteiger partial charge in [0.05, 0.1) is 24.0 Å². The number of rotatable bonds is 7. The number of carbonyl (C=O) groups excluding carboxylic acids is 3. The summed E-state index contributed by atoms with van der Waals surface area (Å²) in [6.07, 6.45) is -0.337. The fourth-order valence-electron chi connectivity index (χ4n) is 2.65. The van der Waals surface area contributed by atoms with Gasteiger partial charge in [0.2, 0.25) is 5.91 Å². The topological polar surface area (TPSA) is 99.5 Å². The van der Waals surface area contributed by atoms with Crippen LogP contribution in [0.15, 0.2) is 6.07 Å². The lowest BCUT2D eigenvalue weighted by atomic mass is 10.1. The van der Waals surface area contributed by atoms with Gasteiger partial charge in [0, 0.05) is 5.69 Å². The number of hydrogen-bond donors (Lipinski definition) is 1. The van der Waals surface area contributed by atoms with E-state index in [0.717, 1.165) is 22.7 Å². The Kier molecular flexibility index (Phi) is 6.95. The van der Waals surface area contributed by atoms with Gasteiger partial charge in [-0.15, -0.1) is 11.3 Å². The summed E-state index contributed by atoms with van der Waals surface area (Å²) in [5.74, 6) is -1.50. The Labute approximate surface area is 167 Å². The zero-order chi connectivity index (χ0) is 21.0. The van der Waals surface area contributed by atoms with E-state index in [-0.39, 0.29) is 40.6 Å². The normalized spacial score (nSPS) is 10.8. The average Bonchev–Trinajstić information content (AvgIpc) is 3.05. The molecule has 0 spiro atoms. The van der Waals surface area contributed by atoms with Gasteiger partial charge in [0.25, 0.3) is 0 Å². The van der Waals surface area contributed by atoms with Crippen LogP contribution in [0.2, 0.25) is 0 Å². The molecule has 0 saturated heterocycles. The summed E-state index contributed by atoms with van der Waals surface area (Å²) in [5, 5.41) is 7.24. The van der Waals surface area contributed by atoms with E-state index in [0.29, 0.717) is 5.56 Å². The Morgan fingerprint density at radius 1 is 1.21 bits per heavy atom. The molecule has 0 aliphatic rings. The number of aryl methyl sites for hydroxylation is 2. The molecule has 2 aromatic heterocycles. The first-order valence-electron chi connectivity index (χ1n) is 8.96. The number of hydrogen-bond acceptors (Lipinski definition) is 7. The highest BCUT2D eigenvalue weighted by atomic mass is 32.1. The predicted octanol–water partition coefficient (Wildman–Crippen LogP) is 3.25. The molecule has 0 aliphatic heterocycles. The third-order valence-corrected chi connectivity index (χ3v) is 4.99. The maximum atomic E-state index is 12.6. The third-order valence-electron chi connectivity index (χ3n) is 3.80. The molecule has 2 heterocycles. The van der Waals surface area contributed by atoms with Crippen molar-refractivity contribution in [3.05, 3.63) is 33.5 Å². The lowest BCUT2D eigenvalue weighted by molar-refractivity contribution is -0.116. The third kappa shape index (κ3) is 4.98. The zero-order valence-corrected chi connectivity index (χ0v) is 17.7. The van der Waals surface area contributed by atoms with Gasteiger partial charge in [0.15, 0.2) is 0 Å². The lowest BCUT2D eigenvalue weighted by Crippen LogP contribution is -2.21. The number of carbonyl (C=O) groups is 3. The van der Waals surface area contributed by atoms with Crippen LogP contribution in [0.25, 0.3) is 0 Å². The molecule has 0 atom stereocenters. The van der Waals surface area contributed by atoms with Crippen molar-refractivity contribution in [1.82, 2.24) is 9.78 Å². The number of nitrogens with one attached hydrogen (secondary N) is 1. The molecule has 0 aromatic carbocycles. The number of esters is 2. The molecule has 0 bridgehead atoms. The second-order valence-electron chi connectivity index (χ2n) is 6.57. The summed E-state index contributed by atoms with van der Waals surface area (Å²) in [6, 6.07) is 1.87. The average molecular weight is 407 g/mol. The van der Waals surface area contributed by atoms with Crippen LogP contribution < -0.4 is 5.32 Å². The smallest absolute Gasteiger partial charge is 0.348 e. The number of amides is 1. The van der Waals surface area contributed by atoms with E-state index in [4.69, 9.17) is 9.47 Å². The number of thiophene rings is 1. The minimum atomic E-state index is -0.597. The Balaban J connectivity index is 2.33. The Bertz CT molecular complexity index is 898. The predicted molar refractivity (Wildman–Crippen MR) is 106 cm³/mol. The van der Waals surface area contributed by atoms with E-state index in [9.17, 15) is 14.4 Å². The van der Waals surface area contributed by atoms with E-state index < -0.39 is 11.9 Å². The van der Waals surface area contributed by atoms with Crippen molar-refractivity contribution in [3.8, 4) is 0 Å². The zero-order valence-electron chi connectivity index (χ0n) is 16.9. The highest BCUT2D eigenvalue weighted by Gasteiger charge is 2.28. The fraction of sp³-hybridized carbons (Fsp3) is 0.474. The van der Waals surface area contributed by atoms with Crippen LogP contribution in [-0.2, 0) is 20.8 Å². The fourth-order valence-corrected chi connectivity index (χ4v) is 3.75. The van der Waals surface area contributed by atoms with Gasteiger partial charge < -0.3 is 14.8 Å². The quantitative estimate of drug-likeness (QED) is 0.707. The van der Waals surface area contributed by atoms with E-state index >= 15 is 0 Å². The molecule has 152 valence electrons. The first-order valence-corrected chi connectivity index (χ1v) is 9.78. The molecule has 8 nitrogen and oxygen atoms in total. The lowest BCUT2D eigenvalue weighted by Gasteiger charge is -2.10. The highest BCUT2D eigenvalue weighted by Crippen LogP contribution is 2.34. The second-order valence-corrected chi connectivity index (χ2v) is 7.59. The molecule has 0 fully saturated rings. The molecule has 2 rings (SSSR count). The molecule has 1 amide bonds. The highest BCUT2D eigenvalue weighted by molar-refractivity contribution is 7.18. The summed E-state index contributed by atoms with van der Waals surface area (Å²) < 4.78 is 11.9. The molecular weight excluding hydrogens is 382 g/mol. The van der Waals surface area contributed by atoms with Crippen LogP contribution in [0, 0.1) is 20.8 Å². The molecule has 2 aromatic rings. The number of aromatic nitrogens is 2. The van der Waals surface area contributed by atoms with Crippen molar-refractivity contribution in [3.63, 3.8) is 0 Å². The van der Waals surface area contributed by atoms with Crippen LogP contribution in [0.3, 0.4) is 0 Å². The van der Waals surface area contributed by atoms with Crippen molar-refractivity contribution in [2.24, 2.45) is 0 Å². The van der Waals surface area contributed by atoms with E-state index in [2.05, 4.69) is 10.4 Å². The second kappa shape index (κ2) is 9.01. The largest absolute Gasteiger partial charge is 0.462 e. The van der Waals surface area contributed by atoms with Crippen molar-refractivity contribution in [2.75, 3.05) is 11.9 Å². The Morgan fingerprint density at radius 2 is 1.89 bits per heavy atom. The Morgan fingerprint density at radius 3 is 2.43 bits per heavy atom. The van der Waals surface area contributed by atoms with Gasteiger partial charge in [-0.25, -0.2) is 9.59 Å². The van der Waals surface area contributed by atoms with Gasteiger partial charge in [-0.2, -0.15) is 5.10 Å². The Hall–Kier alpha value is -2.68. The monoisotopic (exact) mass is 407 g/mol. The first-order chi connectivity index (χ1) is 13.1. The number of anilines is 1. The summed E-state index contributed by atoms with van der Waals surface area (Å²) in [4.78, 5) is 37.5. The van der Waals surface area contributed by atoms with Gasteiger partial charge >= 0.3 is 11.9 Å². The van der Waals surface area contributed by atoms with E-state index in [1.807, 2.05) is 19.9 Å². The SMILES string of the molecule is CCOC(=O)c1sc(NC(=O)Cn2nc(C)cc2C)c(C(=O)OC(C)C)c1C. The molecule has 1 N–H and O–H groups in total. The van der Waals surface area contributed by atoms with Crippen molar-refractivity contribution >= 4 is 34.2 Å². The standard InChI is InChI=1S/C19H25N3O5S/c1-7-26-19(25)16-13(6)15(18(24)27-10(2)3)17(28-16)20-14(23)9-22-12(5)8-11(4)21-22/h8,10H,7,9H2,1-6H3,(H,20,23). The maximum absolute atomic E-state index is 12.6. The van der Waals surface area contributed by atoms with Crippen LogP contribution >= 0.6 is 11.3 Å². The van der Waals surface area contributed by atoms with Crippen LogP contribution in [0.5, 0.6) is 0 Å². The minimum absolute atomic E-state index is 0.00989. The van der Waals surface area contributed by atoms with Gasteiger partial charge in [-0.1, -0.05) is 0 Å². The van der Waals surface area contributed by atoms with Crippen LogP contribution in [-0.4, -0.2) is 40.3 Å². The summed E-state index contributed by atoms with van der Waals surface area (Å²) in [7, 11) is 0. The van der Waals surface area contributed by atoms with E-state index in [1.165, 1.54) is 0 Å². The van der Waals surface area contributed by atoms with Gasteiger partial charge in [-0.3, -0.25) is 9.48 Å². The van der Waals surface area contributed by atoms with Gasteiger partial charge in [0.1, 0.15) is 16.4 Å². The summed E-state index contributed by atoms with van der Waals surface area (Å²) in [6.45, 7) is 10.7. The molecule has 28 heavy (non-hydrogen) atoms. The molecule has 0 radical (unpaired) electrons. The molecule has 0 saturated carbocycles. The van der Waals surface area contributed by atoms with Crippen LogP contribution in [0.4, 0.5) is 5.00 Å². The van der Waals surface area contributed by atoms with Crippen LogP contribution in [0.1, 0.15) is 57.8 Å². The molecule has 0 aliphatic carbocycles. The number of ether oxygens (including phenoxy) is 2. The summed E-state index contributed by atoms with van der Waals surface area (Å²) >= 11 is 1.00. The molecule has 9 heteroatoms. The first kappa shape index (κ1) is 21.6. The van der Waals surface area contributed by atoms with Crippen molar-refractivity contribution in [1.29, 1.82) is 0 Å². The molecular formula is C19H25N3O5S. The minimum Gasteiger partial charge on any atom is -0.462 e. The van der Waals surface area contributed by atoms with Crippen molar-refractivity contribution in [2.45, 2.75) is 54.2 Å². The van der Waals surface area contributed by atoms with E-state index in [1.54, 1.807) is 32.4 Å². The molecule has 0 unspecified atom stereocenters. The number of nitrogens with zero attached hydrogens (tertiary/aromatic N) is 2. The van der Waals surface area contributed by atoms with Crippen molar-refractivity contribution < 1.29 is 23.9 Å².